The van der Waals surface area contributed by atoms with Gasteiger partial charge in [0.05, 0.1) is 16.8 Å². The Morgan fingerprint density at radius 1 is 0.339 bits per heavy atom. The molecule has 0 radical (unpaired) electrons. The summed E-state index contributed by atoms with van der Waals surface area (Å²) in [6.07, 6.45) is 0. The largest absolute Gasteiger partial charge is 0.455 e. The maximum atomic E-state index is 6.66. The van der Waals surface area contributed by atoms with E-state index in [1.54, 1.807) is 0 Å². The number of aromatic nitrogens is 2. The lowest BCUT2D eigenvalue weighted by Crippen LogP contribution is -2.28. The van der Waals surface area contributed by atoms with Crippen LogP contribution in [0.5, 0.6) is 0 Å². The Balaban J connectivity index is 1.12. The molecule has 0 saturated carbocycles. The molecule has 9 aromatic carbocycles. The smallest absolute Gasteiger partial charge is 0.161 e. The zero-order chi connectivity index (χ0) is 41.0. The number of nitrogens with zero attached hydrogens (tertiary/aromatic N) is 2. The topological polar surface area (TPSA) is 38.9 Å². The highest BCUT2D eigenvalue weighted by Crippen LogP contribution is 2.58. The Kier molecular flexibility index (Phi) is 8.39. The van der Waals surface area contributed by atoms with Crippen LogP contribution in [-0.2, 0) is 5.41 Å². The summed E-state index contributed by atoms with van der Waals surface area (Å²) in [5, 5.41) is 2.14. The molecule has 2 heterocycles. The van der Waals surface area contributed by atoms with Crippen molar-refractivity contribution in [2.75, 3.05) is 0 Å². The fourth-order valence-electron chi connectivity index (χ4n) is 9.90. The minimum absolute atomic E-state index is 0.552. The number of furan rings is 1. The lowest BCUT2D eigenvalue weighted by molar-refractivity contribution is 0.670. The van der Waals surface area contributed by atoms with E-state index in [0.29, 0.717) is 5.82 Å². The van der Waals surface area contributed by atoms with Crippen LogP contribution in [0.15, 0.2) is 235 Å². The van der Waals surface area contributed by atoms with Crippen molar-refractivity contribution < 1.29 is 4.42 Å². The normalized spacial score (nSPS) is 12.6. The van der Waals surface area contributed by atoms with Crippen LogP contribution in [0.2, 0.25) is 0 Å². The number of para-hydroxylation sites is 2. The van der Waals surface area contributed by atoms with Gasteiger partial charge >= 0.3 is 0 Å². The first kappa shape index (κ1) is 35.8. The van der Waals surface area contributed by atoms with Gasteiger partial charge in [0.25, 0.3) is 0 Å². The van der Waals surface area contributed by atoms with E-state index < -0.39 is 5.41 Å². The van der Waals surface area contributed by atoms with Gasteiger partial charge < -0.3 is 4.42 Å². The van der Waals surface area contributed by atoms with E-state index in [2.05, 4.69) is 218 Å². The average molecular weight is 791 g/mol. The van der Waals surface area contributed by atoms with Crippen molar-refractivity contribution in [2.24, 2.45) is 0 Å². The summed E-state index contributed by atoms with van der Waals surface area (Å²) < 4.78 is 6.66. The van der Waals surface area contributed by atoms with E-state index >= 15 is 0 Å². The molecule has 62 heavy (non-hydrogen) atoms. The van der Waals surface area contributed by atoms with Crippen LogP contribution < -0.4 is 0 Å². The molecule has 1 aliphatic rings. The van der Waals surface area contributed by atoms with Crippen LogP contribution in [0.3, 0.4) is 0 Å². The highest BCUT2D eigenvalue weighted by atomic mass is 16.3. The molecule has 1 aliphatic carbocycles. The van der Waals surface area contributed by atoms with Crippen molar-refractivity contribution in [3.05, 3.63) is 253 Å². The van der Waals surface area contributed by atoms with Crippen LogP contribution in [-0.4, -0.2) is 9.97 Å². The third-order valence-corrected chi connectivity index (χ3v) is 12.6. The van der Waals surface area contributed by atoms with Crippen LogP contribution in [0, 0.1) is 0 Å². The van der Waals surface area contributed by atoms with Gasteiger partial charge in [-0.2, -0.15) is 0 Å². The molecule has 290 valence electrons. The average Bonchev–Trinajstić information content (AvgIpc) is 3.89. The summed E-state index contributed by atoms with van der Waals surface area (Å²) in [6, 6.07) is 82.1. The van der Waals surface area contributed by atoms with E-state index in [4.69, 9.17) is 14.4 Å². The monoisotopic (exact) mass is 790 g/mol. The Morgan fingerprint density at radius 3 is 1.58 bits per heavy atom. The maximum Gasteiger partial charge on any atom is 0.161 e. The van der Waals surface area contributed by atoms with Gasteiger partial charge in [0.2, 0.25) is 0 Å². The molecule has 0 atom stereocenters. The number of rotatable bonds is 7. The molecule has 2 aromatic heterocycles. The van der Waals surface area contributed by atoms with Crippen molar-refractivity contribution in [1.82, 2.24) is 9.97 Å². The highest BCUT2D eigenvalue weighted by Gasteiger charge is 2.47. The predicted octanol–water partition coefficient (Wildman–Crippen LogP) is 15.1. The predicted molar refractivity (Wildman–Crippen MR) is 254 cm³/mol. The molecule has 0 fully saturated rings. The zero-order valence-electron chi connectivity index (χ0n) is 33.7. The molecule has 0 N–H and O–H groups in total. The summed E-state index contributed by atoms with van der Waals surface area (Å²) in [6.45, 7) is 0. The summed E-state index contributed by atoms with van der Waals surface area (Å²) in [4.78, 5) is 11.1. The van der Waals surface area contributed by atoms with E-state index in [9.17, 15) is 0 Å². The molecular weight excluding hydrogens is 753 g/mol. The Bertz CT molecular complexity index is 3400. The van der Waals surface area contributed by atoms with Gasteiger partial charge in [-0.3, -0.25) is 0 Å². The number of fused-ring (bicyclic) bond motifs is 6. The second-order valence-corrected chi connectivity index (χ2v) is 16.0. The lowest BCUT2D eigenvalue weighted by Gasteiger charge is -2.33. The van der Waals surface area contributed by atoms with Crippen molar-refractivity contribution >= 4 is 21.9 Å². The Labute approximate surface area is 360 Å². The van der Waals surface area contributed by atoms with Crippen molar-refractivity contribution in [1.29, 1.82) is 0 Å². The summed E-state index contributed by atoms with van der Waals surface area (Å²) in [5.74, 6) is 0.656. The van der Waals surface area contributed by atoms with Crippen molar-refractivity contribution in [3.63, 3.8) is 0 Å². The fraction of sp³-hybridized carbons (Fsp3) is 0.0169. The Morgan fingerprint density at radius 2 is 0.839 bits per heavy atom. The minimum Gasteiger partial charge on any atom is -0.455 e. The van der Waals surface area contributed by atoms with Gasteiger partial charge in [0.15, 0.2) is 5.82 Å². The number of hydrogen-bond acceptors (Lipinski definition) is 3. The van der Waals surface area contributed by atoms with Gasteiger partial charge in [0, 0.05) is 27.5 Å². The van der Waals surface area contributed by atoms with Gasteiger partial charge in [0.1, 0.15) is 11.2 Å². The first-order valence-electron chi connectivity index (χ1n) is 21.2. The fourth-order valence-corrected chi connectivity index (χ4v) is 9.90. The number of hydrogen-bond donors (Lipinski definition) is 0. The second-order valence-electron chi connectivity index (χ2n) is 16.0. The van der Waals surface area contributed by atoms with E-state index in [0.717, 1.165) is 66.7 Å². The SMILES string of the molecule is c1ccc(-c2ccc(-c3ccccc3-c3cc(-c4cccc5c4oc4ccccc45)nc(-c4cccc5c4-c4ccccc4C5(c4ccccc4)c4ccccc4)n3)cc2)cc1. The van der Waals surface area contributed by atoms with E-state index in [1.165, 1.54) is 38.9 Å². The van der Waals surface area contributed by atoms with Gasteiger partial charge in [-0.1, -0.05) is 212 Å². The molecule has 3 nitrogen and oxygen atoms in total. The lowest BCUT2D eigenvalue weighted by atomic mass is 9.67. The number of benzene rings is 9. The molecule has 0 saturated heterocycles. The molecule has 0 bridgehead atoms. The van der Waals surface area contributed by atoms with Crippen LogP contribution in [0.1, 0.15) is 22.3 Å². The third kappa shape index (κ3) is 5.59. The molecule has 0 spiro atoms. The first-order chi connectivity index (χ1) is 30.8. The molecule has 11 aromatic rings. The molecule has 12 rings (SSSR count). The van der Waals surface area contributed by atoms with Crippen molar-refractivity contribution in [2.45, 2.75) is 5.41 Å². The molecular formula is C59H38N2O. The maximum absolute atomic E-state index is 6.66. The van der Waals surface area contributed by atoms with Crippen LogP contribution in [0.25, 0.3) is 89.2 Å². The highest BCUT2D eigenvalue weighted by molar-refractivity contribution is 6.09. The Hall–Kier alpha value is -8.14. The molecule has 0 amide bonds. The van der Waals surface area contributed by atoms with E-state index in [1.807, 2.05) is 12.1 Å². The van der Waals surface area contributed by atoms with Gasteiger partial charge in [-0.25, -0.2) is 9.97 Å². The van der Waals surface area contributed by atoms with Crippen molar-refractivity contribution in [3.8, 4) is 67.3 Å². The molecule has 0 aliphatic heterocycles. The minimum atomic E-state index is -0.552. The van der Waals surface area contributed by atoms with E-state index in [-0.39, 0.29) is 0 Å². The van der Waals surface area contributed by atoms with Crippen LogP contribution in [0.4, 0.5) is 0 Å². The summed E-state index contributed by atoms with van der Waals surface area (Å²) in [7, 11) is 0. The third-order valence-electron chi connectivity index (χ3n) is 12.6. The summed E-state index contributed by atoms with van der Waals surface area (Å²) in [5.41, 5.74) is 17.5. The summed E-state index contributed by atoms with van der Waals surface area (Å²) >= 11 is 0. The zero-order valence-corrected chi connectivity index (χ0v) is 33.7. The molecule has 0 unspecified atom stereocenters. The second kappa shape index (κ2) is 14.5. The van der Waals surface area contributed by atoms with Gasteiger partial charge in [-0.05, 0) is 73.8 Å². The standard InChI is InChI=1S/C59H38N2O/c1-4-18-39(19-5-1)40-34-36-41(37-35-40)44-24-10-11-25-45(44)53-38-54(49-29-16-28-47-46-26-13-15-33-55(46)62-57(47)49)61-58(60-53)50-30-17-32-52-56(50)48-27-12-14-31-51(48)59(52,42-20-6-2-7-21-42)43-22-8-3-9-23-43/h1-38H. The first-order valence-corrected chi connectivity index (χ1v) is 21.2. The van der Waals surface area contributed by atoms with Crippen LogP contribution >= 0.6 is 0 Å². The quantitative estimate of drug-likeness (QED) is 0.161. The van der Waals surface area contributed by atoms with Gasteiger partial charge in [-0.15, -0.1) is 0 Å². The molecule has 3 heteroatoms.